The largest absolute Gasteiger partial charge is 0.349 e. The summed E-state index contributed by atoms with van der Waals surface area (Å²) in [5.74, 6) is 0. The summed E-state index contributed by atoms with van der Waals surface area (Å²) in [5.41, 5.74) is 1.37. The first-order valence-electron chi connectivity index (χ1n) is 6.58. The number of anilines is 1. The van der Waals surface area contributed by atoms with Crippen LogP contribution in [0.1, 0.15) is 12.6 Å². The van der Waals surface area contributed by atoms with Crippen molar-refractivity contribution < 1.29 is 8.42 Å². The third kappa shape index (κ3) is 3.78. The van der Waals surface area contributed by atoms with Crippen LogP contribution in [0.25, 0.3) is 0 Å². The summed E-state index contributed by atoms with van der Waals surface area (Å²) in [6.07, 6.45) is 1.64. The molecule has 0 saturated heterocycles. The fourth-order valence-corrected chi connectivity index (χ4v) is 3.36. The molecule has 0 fully saturated rings. The third-order valence-corrected chi connectivity index (χ3v) is 4.63. The number of aromatic nitrogens is 1. The monoisotopic (exact) mass is 327 g/mol. The number of nitrogens with zero attached hydrogens (tertiary/aromatic N) is 1. The lowest BCUT2D eigenvalue weighted by molar-refractivity contribution is 0.600. The summed E-state index contributed by atoms with van der Waals surface area (Å²) in [7, 11) is -1.79. The van der Waals surface area contributed by atoms with Crippen molar-refractivity contribution in [1.82, 2.24) is 9.88 Å². The first kappa shape index (κ1) is 15.9. The summed E-state index contributed by atoms with van der Waals surface area (Å²) >= 11 is 5.87. The van der Waals surface area contributed by atoms with Gasteiger partial charge in [0.05, 0.1) is 5.69 Å². The minimum absolute atomic E-state index is 0.245. The maximum atomic E-state index is 12.4. The van der Waals surface area contributed by atoms with E-state index in [1.54, 1.807) is 36.5 Å². The number of hydrogen-bond donors (Lipinski definition) is 2. The number of nitrogens with one attached hydrogen (secondary N) is 2. The number of benzene rings is 1. The SMILES string of the molecule is CCn1cc(S(=O)(=O)Nc2cccc(Cl)c2)cc1CNC. The topological polar surface area (TPSA) is 63.1 Å². The molecule has 2 aromatic rings. The van der Waals surface area contributed by atoms with Crippen molar-refractivity contribution in [2.24, 2.45) is 0 Å². The molecule has 0 aliphatic heterocycles. The lowest BCUT2D eigenvalue weighted by Crippen LogP contribution is -2.12. The van der Waals surface area contributed by atoms with Gasteiger partial charge in [0.25, 0.3) is 10.0 Å². The van der Waals surface area contributed by atoms with E-state index in [-0.39, 0.29) is 4.90 Å². The first-order chi connectivity index (χ1) is 9.96. The molecule has 1 heterocycles. The van der Waals surface area contributed by atoms with Crippen molar-refractivity contribution in [3.63, 3.8) is 0 Å². The van der Waals surface area contributed by atoms with Crippen LogP contribution in [0.4, 0.5) is 5.69 Å². The van der Waals surface area contributed by atoms with Gasteiger partial charge in [-0.15, -0.1) is 0 Å². The lowest BCUT2D eigenvalue weighted by atomic mass is 10.3. The van der Waals surface area contributed by atoms with E-state index < -0.39 is 10.0 Å². The summed E-state index contributed by atoms with van der Waals surface area (Å²) in [6.45, 7) is 3.30. The molecule has 2 N–H and O–H groups in total. The van der Waals surface area contributed by atoms with Crippen molar-refractivity contribution in [1.29, 1.82) is 0 Å². The minimum Gasteiger partial charge on any atom is -0.349 e. The van der Waals surface area contributed by atoms with Crippen LogP contribution in [0.15, 0.2) is 41.4 Å². The third-order valence-electron chi connectivity index (χ3n) is 3.05. The second kappa shape index (κ2) is 6.51. The van der Waals surface area contributed by atoms with E-state index in [1.807, 2.05) is 18.5 Å². The van der Waals surface area contributed by atoms with Crippen LogP contribution in [-0.4, -0.2) is 20.0 Å². The zero-order chi connectivity index (χ0) is 15.5. The van der Waals surface area contributed by atoms with Crippen molar-refractivity contribution in [3.8, 4) is 0 Å². The molecule has 0 saturated carbocycles. The normalized spacial score (nSPS) is 11.6. The Labute approximate surface area is 130 Å². The highest BCUT2D eigenvalue weighted by Crippen LogP contribution is 2.21. The molecule has 0 amide bonds. The maximum Gasteiger partial charge on any atom is 0.263 e. The maximum absolute atomic E-state index is 12.4. The van der Waals surface area contributed by atoms with Gasteiger partial charge < -0.3 is 9.88 Å². The smallest absolute Gasteiger partial charge is 0.263 e. The molecule has 7 heteroatoms. The molecular formula is C14H18ClN3O2S. The van der Waals surface area contributed by atoms with Gasteiger partial charge in [0.15, 0.2) is 0 Å². The van der Waals surface area contributed by atoms with Crippen molar-refractivity contribution in [2.45, 2.75) is 24.9 Å². The predicted molar refractivity (Wildman–Crippen MR) is 85.1 cm³/mol. The molecule has 0 atom stereocenters. The van der Waals surface area contributed by atoms with Gasteiger partial charge in [0.2, 0.25) is 0 Å². The predicted octanol–water partition coefficient (Wildman–Crippen LogP) is 2.68. The average molecular weight is 328 g/mol. The van der Waals surface area contributed by atoms with E-state index in [1.165, 1.54) is 0 Å². The Morgan fingerprint density at radius 3 is 2.67 bits per heavy atom. The molecule has 114 valence electrons. The van der Waals surface area contributed by atoms with Crippen molar-refractivity contribution in [2.75, 3.05) is 11.8 Å². The number of aryl methyl sites for hydroxylation is 1. The Bertz CT molecular complexity index is 726. The van der Waals surface area contributed by atoms with Crippen LogP contribution in [0.2, 0.25) is 5.02 Å². The van der Waals surface area contributed by atoms with Crippen LogP contribution in [0, 0.1) is 0 Å². The summed E-state index contributed by atoms with van der Waals surface area (Å²) < 4.78 is 29.3. The van der Waals surface area contributed by atoms with Gasteiger partial charge >= 0.3 is 0 Å². The standard InChI is InChI=1S/C14H18ClN3O2S/c1-3-18-10-14(8-13(18)9-16-2)21(19,20)17-12-6-4-5-11(15)7-12/h4-8,10,16-17H,3,9H2,1-2H3. The summed E-state index contributed by atoms with van der Waals surface area (Å²) in [6, 6.07) is 8.30. The highest BCUT2D eigenvalue weighted by atomic mass is 35.5. The van der Waals surface area contributed by atoms with Crippen LogP contribution < -0.4 is 10.0 Å². The highest BCUT2D eigenvalue weighted by Gasteiger charge is 2.18. The molecule has 0 bridgehead atoms. The van der Waals surface area contributed by atoms with Crippen LogP contribution in [-0.2, 0) is 23.1 Å². The molecule has 1 aromatic carbocycles. The van der Waals surface area contributed by atoms with E-state index in [0.29, 0.717) is 23.8 Å². The molecule has 0 aliphatic carbocycles. The average Bonchev–Trinajstić information content (AvgIpc) is 2.83. The highest BCUT2D eigenvalue weighted by molar-refractivity contribution is 7.92. The van der Waals surface area contributed by atoms with E-state index in [2.05, 4.69) is 10.0 Å². The Morgan fingerprint density at radius 2 is 2.05 bits per heavy atom. The second-order valence-corrected chi connectivity index (χ2v) is 6.72. The quantitative estimate of drug-likeness (QED) is 0.857. The van der Waals surface area contributed by atoms with E-state index in [0.717, 1.165) is 5.69 Å². The zero-order valence-electron chi connectivity index (χ0n) is 11.9. The van der Waals surface area contributed by atoms with Gasteiger partial charge in [-0.2, -0.15) is 0 Å². The second-order valence-electron chi connectivity index (χ2n) is 4.60. The summed E-state index contributed by atoms with van der Waals surface area (Å²) in [4.78, 5) is 0.245. The van der Waals surface area contributed by atoms with Gasteiger partial charge in [-0.3, -0.25) is 4.72 Å². The number of sulfonamides is 1. The zero-order valence-corrected chi connectivity index (χ0v) is 13.5. The number of halogens is 1. The molecule has 0 unspecified atom stereocenters. The molecule has 2 rings (SSSR count). The van der Waals surface area contributed by atoms with Gasteiger partial charge in [0.1, 0.15) is 4.90 Å². The molecule has 0 spiro atoms. The molecule has 21 heavy (non-hydrogen) atoms. The molecule has 5 nitrogen and oxygen atoms in total. The number of hydrogen-bond acceptors (Lipinski definition) is 3. The Hall–Kier alpha value is -1.50. The van der Waals surface area contributed by atoms with Crippen LogP contribution in [0.3, 0.4) is 0 Å². The lowest BCUT2D eigenvalue weighted by Gasteiger charge is -2.06. The minimum atomic E-state index is -3.62. The summed E-state index contributed by atoms with van der Waals surface area (Å²) in [5, 5.41) is 3.51. The van der Waals surface area contributed by atoms with E-state index in [4.69, 9.17) is 11.6 Å². The van der Waals surface area contributed by atoms with Crippen molar-refractivity contribution in [3.05, 3.63) is 47.2 Å². The first-order valence-corrected chi connectivity index (χ1v) is 8.44. The Kier molecular flexibility index (Phi) is 4.92. The van der Waals surface area contributed by atoms with Crippen LogP contribution in [0.5, 0.6) is 0 Å². The van der Waals surface area contributed by atoms with E-state index in [9.17, 15) is 8.42 Å². The van der Waals surface area contributed by atoms with Gasteiger partial charge in [-0.25, -0.2) is 8.42 Å². The Balaban J connectivity index is 2.31. The molecule has 1 aromatic heterocycles. The van der Waals surface area contributed by atoms with Gasteiger partial charge in [0, 0.05) is 30.0 Å². The fourth-order valence-electron chi connectivity index (χ4n) is 2.06. The van der Waals surface area contributed by atoms with Crippen molar-refractivity contribution >= 4 is 27.3 Å². The van der Waals surface area contributed by atoms with Gasteiger partial charge in [-0.05, 0) is 38.2 Å². The molecule has 0 aliphatic rings. The van der Waals surface area contributed by atoms with Gasteiger partial charge in [-0.1, -0.05) is 17.7 Å². The Morgan fingerprint density at radius 1 is 1.29 bits per heavy atom. The molecular weight excluding hydrogens is 310 g/mol. The van der Waals surface area contributed by atoms with E-state index >= 15 is 0 Å². The molecule has 0 radical (unpaired) electrons. The van der Waals surface area contributed by atoms with Crippen LogP contribution >= 0.6 is 11.6 Å². The number of rotatable bonds is 6. The fraction of sp³-hybridized carbons (Fsp3) is 0.286.